The molecule has 0 aliphatic carbocycles. The molecule has 0 saturated carbocycles. The molecule has 10 nitrogen and oxygen atoms in total. The van der Waals surface area contributed by atoms with Gasteiger partial charge in [-0.2, -0.15) is 8.78 Å². The fraction of sp³-hybridized carbons (Fsp3) is 0.273. The van der Waals surface area contributed by atoms with Gasteiger partial charge < -0.3 is 10.1 Å². The Hall–Kier alpha value is -3.69. The average Bonchev–Trinajstić information content (AvgIpc) is 3.34. The summed E-state index contributed by atoms with van der Waals surface area (Å²) in [5.74, 6) is -1.42. The number of ether oxygens (including phenoxy) is 1. The van der Waals surface area contributed by atoms with Gasteiger partial charge >= 0.3 is 6.61 Å². The Morgan fingerprint density at radius 1 is 0.720 bits per heavy atom. The second-order valence-corrected chi connectivity index (χ2v) is 15.7. The zero-order valence-electron chi connectivity index (χ0n) is 26.7. The average molecular weight is 791 g/mol. The van der Waals surface area contributed by atoms with Crippen molar-refractivity contribution in [3.05, 3.63) is 105 Å². The molecule has 50 heavy (non-hydrogen) atoms. The highest BCUT2D eigenvalue weighted by Gasteiger charge is 2.45. The monoisotopic (exact) mass is 789 g/mol. The summed E-state index contributed by atoms with van der Waals surface area (Å²) < 4.78 is 81.8. The molecule has 3 aromatic rings. The number of hydrogen-bond donors (Lipinski definition) is 1. The maximum Gasteiger partial charge on any atom is 0.387 e. The molecule has 0 fully saturated rings. The fourth-order valence-corrected chi connectivity index (χ4v) is 9.25. The molecule has 2 aliphatic heterocycles. The summed E-state index contributed by atoms with van der Waals surface area (Å²) in [6, 6.07) is 17.9. The van der Waals surface area contributed by atoms with Gasteiger partial charge in [-0.15, -0.1) is 0 Å². The number of nitrogens with one attached hydrogen (secondary N) is 1. The topological polar surface area (TPSA) is 130 Å². The van der Waals surface area contributed by atoms with Crippen LogP contribution in [0.25, 0.3) is 9.81 Å². The van der Waals surface area contributed by atoms with Gasteiger partial charge in [0.1, 0.15) is 26.3 Å². The molecule has 1 N–H and O–H groups in total. The maximum absolute atomic E-state index is 13.2. The third-order valence-electron chi connectivity index (χ3n) is 7.33. The van der Waals surface area contributed by atoms with Gasteiger partial charge in [-0.1, -0.05) is 85.8 Å². The third kappa shape index (κ3) is 8.60. The Kier molecular flexibility index (Phi) is 12.9. The number of halogens is 5. The minimum absolute atomic E-state index is 0.0497. The fourth-order valence-electron chi connectivity index (χ4n) is 4.96. The Morgan fingerprint density at radius 2 is 1.20 bits per heavy atom. The van der Waals surface area contributed by atoms with Gasteiger partial charge in [0, 0.05) is 28.8 Å². The van der Waals surface area contributed by atoms with Crippen molar-refractivity contribution in [3.63, 3.8) is 0 Å². The largest absolute Gasteiger partial charge is 0.435 e. The van der Waals surface area contributed by atoms with E-state index in [0.29, 0.717) is 40.6 Å². The molecule has 0 saturated heterocycles. The molecule has 2 heterocycles. The van der Waals surface area contributed by atoms with Crippen LogP contribution in [0.3, 0.4) is 0 Å². The van der Waals surface area contributed by atoms with Crippen LogP contribution in [0.2, 0.25) is 10.0 Å². The van der Waals surface area contributed by atoms with E-state index in [0.717, 1.165) is 15.0 Å². The van der Waals surface area contributed by atoms with Gasteiger partial charge in [0.15, 0.2) is 0 Å². The molecule has 0 aromatic heterocycles. The van der Waals surface area contributed by atoms with Crippen molar-refractivity contribution in [2.75, 3.05) is 18.4 Å². The predicted molar refractivity (Wildman–Crippen MR) is 190 cm³/mol. The van der Waals surface area contributed by atoms with Crippen LogP contribution in [-0.4, -0.2) is 57.0 Å². The van der Waals surface area contributed by atoms with Crippen LogP contribution in [0.1, 0.15) is 50.7 Å². The Balaban J connectivity index is 0.000000244. The number of benzene rings is 3. The van der Waals surface area contributed by atoms with E-state index in [1.807, 2.05) is 13.8 Å². The molecule has 2 aliphatic rings. The van der Waals surface area contributed by atoms with Crippen molar-refractivity contribution in [1.29, 1.82) is 0 Å². The molecular weight excluding hydrogens is 759 g/mol. The molecule has 5 rings (SSSR count). The number of rotatable bonds is 12. The minimum atomic E-state index is -4.09. The Morgan fingerprint density at radius 3 is 1.68 bits per heavy atom. The van der Waals surface area contributed by atoms with Crippen LogP contribution in [0.15, 0.2) is 83.5 Å². The van der Waals surface area contributed by atoms with Crippen LogP contribution in [0.5, 0.6) is 5.75 Å². The second-order valence-electron chi connectivity index (χ2n) is 10.9. The van der Waals surface area contributed by atoms with Crippen molar-refractivity contribution in [1.82, 2.24) is 8.61 Å². The van der Waals surface area contributed by atoms with E-state index >= 15 is 0 Å². The summed E-state index contributed by atoms with van der Waals surface area (Å²) in [6.07, 6.45) is 2.60. The molecule has 0 radical (unpaired) electrons. The van der Waals surface area contributed by atoms with E-state index in [4.69, 9.17) is 34.8 Å². The Bertz CT molecular complexity index is 2040. The van der Waals surface area contributed by atoms with Crippen molar-refractivity contribution in [2.45, 2.75) is 46.1 Å². The van der Waals surface area contributed by atoms with Crippen molar-refractivity contribution < 1.29 is 39.9 Å². The normalized spacial score (nSPS) is 16.6. The van der Waals surface area contributed by atoms with Gasteiger partial charge in [0.25, 0.3) is 31.9 Å². The number of amides is 2. The summed E-state index contributed by atoms with van der Waals surface area (Å²) in [4.78, 5) is 24.7. The standard InChI is InChI=1S/C20H19ClF2N2O4S.C13H13Cl2NO3S/c1-2-3-11-25-19(26)17(24-15-7-9-16(10-8-15)29-20(22)23)18(30(25,27)28)13-5-4-6-14(21)12-13;1-2-3-7-16-13(17)11(15)12(20(16,18)19)9-5-4-6-10(14)8-9/h4-10,12,20,24H,2-3,11H2,1H3;4-6,8H,2-3,7H2,1H3. The van der Waals surface area contributed by atoms with Crippen molar-refractivity contribution >= 4 is 82.2 Å². The summed E-state index contributed by atoms with van der Waals surface area (Å²) in [5.41, 5.74) is 0.813. The zero-order valence-corrected chi connectivity index (χ0v) is 30.6. The lowest BCUT2D eigenvalue weighted by Crippen LogP contribution is -2.33. The molecular formula is C33H32Cl3F2N3O7S2. The molecule has 0 spiro atoms. The first-order chi connectivity index (χ1) is 23.6. The smallest absolute Gasteiger partial charge is 0.387 e. The van der Waals surface area contributed by atoms with Crippen molar-refractivity contribution in [2.24, 2.45) is 0 Å². The number of sulfonamides is 2. The number of carbonyl (C=O) groups excluding carboxylic acids is 2. The molecule has 0 bridgehead atoms. The maximum atomic E-state index is 13.2. The number of alkyl halides is 2. The zero-order chi connectivity index (χ0) is 36.8. The molecule has 3 aromatic carbocycles. The first-order valence-electron chi connectivity index (χ1n) is 15.2. The lowest BCUT2D eigenvalue weighted by atomic mass is 10.1. The predicted octanol–water partition coefficient (Wildman–Crippen LogP) is 7.91. The van der Waals surface area contributed by atoms with Crippen molar-refractivity contribution in [3.8, 4) is 5.75 Å². The SMILES string of the molecule is CCCCN1C(=O)C(Cl)=C(c2cccc(Cl)c2)S1(=O)=O.CCCCN1C(=O)C(Nc2ccc(OC(F)F)cc2)=C(c2cccc(Cl)c2)S1(=O)=O. The number of nitrogens with zero attached hydrogens (tertiary/aromatic N) is 2. The van der Waals surface area contributed by atoms with E-state index < -0.39 is 38.5 Å². The summed E-state index contributed by atoms with van der Waals surface area (Å²) in [5, 5.41) is 3.25. The van der Waals surface area contributed by atoms with E-state index in [2.05, 4.69) is 10.1 Å². The summed E-state index contributed by atoms with van der Waals surface area (Å²) >= 11 is 17.8. The number of anilines is 1. The summed E-state index contributed by atoms with van der Waals surface area (Å²) in [6.45, 7) is 1.03. The molecule has 17 heteroatoms. The highest BCUT2D eigenvalue weighted by molar-refractivity contribution is 8.00. The highest BCUT2D eigenvalue weighted by Crippen LogP contribution is 2.39. The lowest BCUT2D eigenvalue weighted by molar-refractivity contribution is -0.122. The van der Waals surface area contributed by atoms with E-state index in [1.165, 1.54) is 36.4 Å². The van der Waals surface area contributed by atoms with E-state index in [-0.39, 0.29) is 44.9 Å². The van der Waals surface area contributed by atoms with Gasteiger partial charge in [-0.25, -0.2) is 25.4 Å². The van der Waals surface area contributed by atoms with Crippen LogP contribution < -0.4 is 10.1 Å². The van der Waals surface area contributed by atoms with Crippen LogP contribution in [0.4, 0.5) is 14.5 Å². The second kappa shape index (κ2) is 16.6. The van der Waals surface area contributed by atoms with Gasteiger partial charge in [0.2, 0.25) is 0 Å². The molecule has 2 amide bonds. The van der Waals surface area contributed by atoms with Gasteiger partial charge in [0.05, 0.1) is 0 Å². The van der Waals surface area contributed by atoms with E-state index in [9.17, 15) is 35.2 Å². The van der Waals surface area contributed by atoms with Crippen LogP contribution >= 0.6 is 34.8 Å². The van der Waals surface area contributed by atoms with E-state index in [1.54, 1.807) is 36.4 Å². The third-order valence-corrected chi connectivity index (χ3v) is 12.0. The number of carbonyl (C=O) groups is 2. The first-order valence-corrected chi connectivity index (χ1v) is 19.3. The van der Waals surface area contributed by atoms with Crippen LogP contribution in [-0.2, 0) is 29.6 Å². The van der Waals surface area contributed by atoms with Crippen LogP contribution in [0, 0.1) is 0 Å². The lowest BCUT2D eigenvalue weighted by Gasteiger charge is -2.16. The molecule has 0 unspecified atom stereocenters. The quantitative estimate of drug-likeness (QED) is 0.196. The van der Waals surface area contributed by atoms with Gasteiger partial charge in [-0.3, -0.25) is 9.59 Å². The molecule has 268 valence electrons. The molecule has 0 atom stereocenters. The number of unbranched alkanes of at least 4 members (excludes halogenated alkanes) is 2. The minimum Gasteiger partial charge on any atom is -0.435 e. The number of hydrogen-bond acceptors (Lipinski definition) is 8. The van der Waals surface area contributed by atoms with Gasteiger partial charge in [-0.05, 0) is 72.5 Å². The highest BCUT2D eigenvalue weighted by atomic mass is 35.5. The Labute approximate surface area is 304 Å². The summed E-state index contributed by atoms with van der Waals surface area (Å²) in [7, 11) is -7.99. The first kappa shape index (κ1) is 39.1.